The second-order valence-electron chi connectivity index (χ2n) is 6.31. The summed E-state index contributed by atoms with van der Waals surface area (Å²) in [6, 6.07) is 16.9. The predicted octanol–water partition coefficient (Wildman–Crippen LogP) is 4.47. The van der Waals surface area contributed by atoms with Crippen LogP contribution in [-0.2, 0) is 0 Å². The van der Waals surface area contributed by atoms with Crippen LogP contribution in [0, 0.1) is 11.3 Å². The molecule has 1 aromatic heterocycles. The molecule has 0 spiro atoms. The molecule has 1 heterocycles. The second kappa shape index (κ2) is 8.11. The van der Waals surface area contributed by atoms with Gasteiger partial charge in [0.25, 0.3) is 5.91 Å². The number of nitrogens with one attached hydrogen (secondary N) is 2. The molecule has 0 atom stereocenters. The number of para-hydroxylation sites is 1. The Morgan fingerprint density at radius 2 is 1.70 bits per heavy atom. The Kier molecular flexibility index (Phi) is 5.43. The van der Waals surface area contributed by atoms with Crippen LogP contribution in [0.3, 0.4) is 0 Å². The van der Waals surface area contributed by atoms with Crippen LogP contribution >= 0.6 is 0 Å². The molecule has 0 fully saturated rings. The zero-order chi connectivity index (χ0) is 19.2. The van der Waals surface area contributed by atoms with Gasteiger partial charge in [-0.05, 0) is 35.7 Å². The fraction of sp³-hybridized carbons (Fsp3) is 0.143. The molecule has 0 aliphatic carbocycles. The van der Waals surface area contributed by atoms with Crippen molar-refractivity contribution in [3.63, 3.8) is 0 Å². The summed E-state index contributed by atoms with van der Waals surface area (Å²) in [6.07, 6.45) is 2.89. The average molecular weight is 357 g/mol. The third kappa shape index (κ3) is 4.47. The number of carbonyl (C=O) groups is 1. The highest BCUT2D eigenvalue weighted by atomic mass is 16.1. The first-order valence-corrected chi connectivity index (χ1v) is 8.56. The van der Waals surface area contributed by atoms with E-state index in [1.165, 1.54) is 18.0 Å². The third-order valence-electron chi connectivity index (χ3n) is 4.04. The number of hydrogen-bond acceptors (Lipinski definition) is 5. The molecule has 0 saturated heterocycles. The highest BCUT2D eigenvalue weighted by Gasteiger charge is 2.10. The predicted molar refractivity (Wildman–Crippen MR) is 105 cm³/mol. The van der Waals surface area contributed by atoms with E-state index >= 15 is 0 Å². The van der Waals surface area contributed by atoms with Crippen molar-refractivity contribution in [3.8, 4) is 6.07 Å². The van der Waals surface area contributed by atoms with Gasteiger partial charge < -0.3 is 10.6 Å². The standard InChI is InChI=1S/C21H19N5O/c1-14(2)15-7-9-18(10-8-15)25-21-23-12-17(13-24-21)20(27)26-19-6-4-3-5-16(19)11-22/h3-10,12-14H,1-2H3,(H,26,27)(H,23,24,25). The minimum Gasteiger partial charge on any atom is -0.324 e. The van der Waals surface area contributed by atoms with Crippen molar-refractivity contribution in [1.82, 2.24) is 9.97 Å². The molecule has 0 aliphatic heterocycles. The molecule has 0 bridgehead atoms. The van der Waals surface area contributed by atoms with Crippen molar-refractivity contribution in [2.75, 3.05) is 10.6 Å². The SMILES string of the molecule is CC(C)c1ccc(Nc2ncc(C(=O)Nc3ccccc3C#N)cn2)cc1. The van der Waals surface area contributed by atoms with Gasteiger partial charge in [-0.25, -0.2) is 9.97 Å². The summed E-state index contributed by atoms with van der Waals surface area (Å²) in [5.74, 6) is 0.506. The third-order valence-corrected chi connectivity index (χ3v) is 4.04. The van der Waals surface area contributed by atoms with E-state index in [-0.39, 0.29) is 5.91 Å². The molecule has 2 aromatic carbocycles. The van der Waals surface area contributed by atoms with Crippen molar-refractivity contribution >= 4 is 23.2 Å². The fourth-order valence-corrected chi connectivity index (χ4v) is 2.47. The summed E-state index contributed by atoms with van der Waals surface area (Å²) >= 11 is 0. The lowest BCUT2D eigenvalue weighted by Gasteiger charge is -2.09. The van der Waals surface area contributed by atoms with Crippen molar-refractivity contribution in [1.29, 1.82) is 5.26 Å². The molecule has 3 rings (SSSR count). The number of rotatable bonds is 5. The summed E-state index contributed by atoms with van der Waals surface area (Å²) in [5.41, 5.74) is 3.29. The van der Waals surface area contributed by atoms with Gasteiger partial charge in [0.2, 0.25) is 5.95 Å². The summed E-state index contributed by atoms with van der Waals surface area (Å²) in [6.45, 7) is 4.29. The largest absolute Gasteiger partial charge is 0.324 e. The van der Waals surface area contributed by atoms with E-state index in [2.05, 4.69) is 46.6 Å². The number of nitriles is 1. The smallest absolute Gasteiger partial charge is 0.258 e. The van der Waals surface area contributed by atoms with E-state index in [1.807, 2.05) is 18.2 Å². The Morgan fingerprint density at radius 1 is 1.04 bits per heavy atom. The van der Waals surface area contributed by atoms with E-state index in [0.717, 1.165) is 5.69 Å². The van der Waals surface area contributed by atoms with E-state index in [1.54, 1.807) is 24.3 Å². The van der Waals surface area contributed by atoms with Crippen LogP contribution < -0.4 is 10.6 Å². The topological polar surface area (TPSA) is 90.7 Å². The van der Waals surface area contributed by atoms with Gasteiger partial charge in [-0.1, -0.05) is 38.1 Å². The van der Waals surface area contributed by atoms with Gasteiger partial charge in [-0.2, -0.15) is 5.26 Å². The lowest BCUT2D eigenvalue weighted by atomic mass is 10.0. The van der Waals surface area contributed by atoms with Gasteiger partial charge >= 0.3 is 0 Å². The number of hydrogen-bond donors (Lipinski definition) is 2. The lowest BCUT2D eigenvalue weighted by molar-refractivity contribution is 0.102. The fourth-order valence-electron chi connectivity index (χ4n) is 2.47. The van der Waals surface area contributed by atoms with Gasteiger partial charge in [0.15, 0.2) is 0 Å². The first-order valence-electron chi connectivity index (χ1n) is 8.56. The summed E-state index contributed by atoms with van der Waals surface area (Å²) in [4.78, 5) is 20.7. The van der Waals surface area contributed by atoms with Gasteiger partial charge in [-0.3, -0.25) is 4.79 Å². The Balaban J connectivity index is 1.67. The maximum Gasteiger partial charge on any atom is 0.258 e. The molecule has 0 saturated carbocycles. The zero-order valence-electron chi connectivity index (χ0n) is 15.1. The van der Waals surface area contributed by atoms with Crippen molar-refractivity contribution in [2.45, 2.75) is 19.8 Å². The number of benzene rings is 2. The zero-order valence-corrected chi connectivity index (χ0v) is 15.1. The van der Waals surface area contributed by atoms with E-state index in [9.17, 15) is 4.79 Å². The van der Waals surface area contributed by atoms with Crippen LogP contribution in [0.4, 0.5) is 17.3 Å². The Hall–Kier alpha value is -3.72. The maximum atomic E-state index is 12.3. The number of carbonyl (C=O) groups excluding carboxylic acids is 1. The summed E-state index contributed by atoms with van der Waals surface area (Å²) in [7, 11) is 0. The maximum absolute atomic E-state index is 12.3. The molecule has 2 N–H and O–H groups in total. The second-order valence-corrected chi connectivity index (χ2v) is 6.31. The van der Waals surface area contributed by atoms with Crippen LogP contribution in [0.2, 0.25) is 0 Å². The molecule has 6 nitrogen and oxygen atoms in total. The van der Waals surface area contributed by atoms with Crippen molar-refractivity contribution < 1.29 is 4.79 Å². The van der Waals surface area contributed by atoms with Crippen molar-refractivity contribution in [2.24, 2.45) is 0 Å². The number of aromatic nitrogens is 2. The minimum atomic E-state index is -0.370. The molecular formula is C21H19N5O. The van der Waals surface area contributed by atoms with Gasteiger partial charge in [0, 0.05) is 18.1 Å². The number of nitrogens with zero attached hydrogens (tertiary/aromatic N) is 3. The van der Waals surface area contributed by atoms with Crippen LogP contribution in [0.1, 0.15) is 41.3 Å². The molecule has 6 heteroatoms. The molecule has 0 aliphatic rings. The van der Waals surface area contributed by atoms with Gasteiger partial charge in [0.05, 0.1) is 16.8 Å². The van der Waals surface area contributed by atoms with E-state index in [0.29, 0.717) is 28.7 Å². The normalized spacial score (nSPS) is 10.3. The van der Waals surface area contributed by atoms with Gasteiger partial charge in [-0.15, -0.1) is 0 Å². The highest BCUT2D eigenvalue weighted by molar-refractivity contribution is 6.04. The Labute approximate surface area is 157 Å². The first kappa shape index (κ1) is 18.1. The number of amides is 1. The quantitative estimate of drug-likeness (QED) is 0.703. The van der Waals surface area contributed by atoms with Gasteiger partial charge in [0.1, 0.15) is 6.07 Å². The molecule has 134 valence electrons. The molecule has 1 amide bonds. The minimum absolute atomic E-state index is 0.309. The highest BCUT2D eigenvalue weighted by Crippen LogP contribution is 2.19. The molecule has 0 radical (unpaired) electrons. The van der Waals surface area contributed by atoms with Crippen LogP contribution in [0.25, 0.3) is 0 Å². The Bertz CT molecular complexity index is 973. The summed E-state index contributed by atoms with van der Waals surface area (Å²) in [5, 5.41) is 14.9. The van der Waals surface area contributed by atoms with Crippen molar-refractivity contribution in [3.05, 3.63) is 77.6 Å². The average Bonchev–Trinajstić information content (AvgIpc) is 2.69. The summed E-state index contributed by atoms with van der Waals surface area (Å²) < 4.78 is 0. The lowest BCUT2D eigenvalue weighted by Crippen LogP contribution is -2.14. The molecular weight excluding hydrogens is 338 g/mol. The number of anilines is 3. The molecule has 3 aromatic rings. The van der Waals surface area contributed by atoms with E-state index < -0.39 is 0 Å². The first-order chi connectivity index (χ1) is 13.1. The Morgan fingerprint density at radius 3 is 2.33 bits per heavy atom. The molecule has 27 heavy (non-hydrogen) atoms. The molecule has 0 unspecified atom stereocenters. The van der Waals surface area contributed by atoms with Crippen LogP contribution in [-0.4, -0.2) is 15.9 Å². The van der Waals surface area contributed by atoms with Crippen LogP contribution in [0.15, 0.2) is 60.9 Å². The van der Waals surface area contributed by atoms with Crippen LogP contribution in [0.5, 0.6) is 0 Å². The monoisotopic (exact) mass is 357 g/mol. The van der Waals surface area contributed by atoms with E-state index in [4.69, 9.17) is 5.26 Å².